The third kappa shape index (κ3) is 6.45. The van der Waals surface area contributed by atoms with Crippen molar-refractivity contribution in [1.29, 1.82) is 0 Å². The smallest absolute Gasteiger partial charge is 0.244 e. The number of hydrogen-bond acceptors (Lipinski definition) is 4. The largest absolute Gasteiger partial charge is 0.357 e. The number of nitrogens with zero attached hydrogens (tertiary/aromatic N) is 2. The number of rotatable bonds is 9. The first-order valence-electron chi connectivity index (χ1n) is 9.87. The van der Waals surface area contributed by atoms with E-state index in [4.69, 9.17) is 11.6 Å². The summed E-state index contributed by atoms with van der Waals surface area (Å²) >= 11 is 6.01. The highest BCUT2D eigenvalue weighted by molar-refractivity contribution is 7.92. The Bertz CT molecular complexity index is 1030. The number of carbonyl (C=O) groups excluding carboxylic acids is 2. The van der Waals surface area contributed by atoms with Gasteiger partial charge in [0.1, 0.15) is 12.6 Å². The van der Waals surface area contributed by atoms with Gasteiger partial charge in [-0.1, -0.05) is 48.9 Å². The van der Waals surface area contributed by atoms with E-state index in [1.807, 2.05) is 37.3 Å². The van der Waals surface area contributed by atoms with Crippen LogP contribution in [0.25, 0.3) is 0 Å². The molecular formula is C22H28ClN3O4S. The fourth-order valence-electron chi connectivity index (χ4n) is 3.36. The van der Waals surface area contributed by atoms with Crippen molar-refractivity contribution in [3.63, 3.8) is 0 Å². The number of anilines is 1. The van der Waals surface area contributed by atoms with Gasteiger partial charge in [-0.05, 0) is 42.7 Å². The molecule has 0 unspecified atom stereocenters. The topological polar surface area (TPSA) is 86.8 Å². The highest BCUT2D eigenvalue weighted by Crippen LogP contribution is 2.26. The van der Waals surface area contributed by atoms with Gasteiger partial charge in [0.2, 0.25) is 21.8 Å². The molecule has 0 aliphatic carbocycles. The van der Waals surface area contributed by atoms with E-state index < -0.39 is 28.5 Å². The van der Waals surface area contributed by atoms with Crippen LogP contribution in [0.4, 0.5) is 5.69 Å². The monoisotopic (exact) mass is 465 g/mol. The molecule has 31 heavy (non-hydrogen) atoms. The lowest BCUT2D eigenvalue weighted by Crippen LogP contribution is -2.51. The van der Waals surface area contributed by atoms with E-state index in [1.54, 1.807) is 25.1 Å². The van der Waals surface area contributed by atoms with Crippen molar-refractivity contribution in [3.8, 4) is 0 Å². The molecule has 2 amide bonds. The van der Waals surface area contributed by atoms with E-state index in [-0.39, 0.29) is 12.5 Å². The predicted molar refractivity (Wildman–Crippen MR) is 124 cm³/mol. The molecule has 9 heteroatoms. The molecule has 2 rings (SSSR count). The third-order valence-electron chi connectivity index (χ3n) is 4.93. The Balaban J connectivity index is 2.44. The molecule has 0 heterocycles. The molecule has 0 fully saturated rings. The van der Waals surface area contributed by atoms with Crippen LogP contribution >= 0.6 is 11.6 Å². The molecule has 0 aliphatic heterocycles. The summed E-state index contributed by atoms with van der Waals surface area (Å²) in [6.45, 7) is 3.29. The van der Waals surface area contributed by atoms with Crippen molar-refractivity contribution >= 4 is 39.1 Å². The van der Waals surface area contributed by atoms with E-state index >= 15 is 0 Å². The molecule has 0 radical (unpaired) electrons. The van der Waals surface area contributed by atoms with Crippen LogP contribution in [0.3, 0.4) is 0 Å². The first-order valence-corrected chi connectivity index (χ1v) is 12.1. The van der Waals surface area contributed by atoms with Crippen molar-refractivity contribution in [2.45, 2.75) is 32.9 Å². The number of nitrogens with one attached hydrogen (secondary N) is 1. The number of halogens is 1. The minimum absolute atomic E-state index is 0.183. The van der Waals surface area contributed by atoms with Crippen molar-refractivity contribution in [3.05, 3.63) is 64.7 Å². The van der Waals surface area contributed by atoms with E-state index in [2.05, 4.69) is 5.32 Å². The zero-order chi connectivity index (χ0) is 23.2. The Morgan fingerprint density at radius 3 is 2.29 bits per heavy atom. The number of carbonyl (C=O) groups is 2. The second-order valence-electron chi connectivity index (χ2n) is 7.25. The zero-order valence-corrected chi connectivity index (χ0v) is 19.7. The Morgan fingerprint density at radius 1 is 1.13 bits per heavy atom. The van der Waals surface area contributed by atoms with Gasteiger partial charge < -0.3 is 10.2 Å². The molecule has 2 aromatic carbocycles. The van der Waals surface area contributed by atoms with Crippen LogP contribution in [0.15, 0.2) is 48.5 Å². The van der Waals surface area contributed by atoms with Crippen LogP contribution in [0.1, 0.15) is 24.5 Å². The van der Waals surface area contributed by atoms with Gasteiger partial charge in [0.15, 0.2) is 0 Å². The summed E-state index contributed by atoms with van der Waals surface area (Å²) < 4.78 is 26.2. The lowest BCUT2D eigenvalue weighted by atomic mass is 10.1. The summed E-state index contributed by atoms with van der Waals surface area (Å²) in [5.74, 6) is -0.778. The average molecular weight is 466 g/mol. The van der Waals surface area contributed by atoms with Gasteiger partial charge in [-0.25, -0.2) is 8.42 Å². The van der Waals surface area contributed by atoms with Crippen LogP contribution in [0, 0.1) is 6.92 Å². The van der Waals surface area contributed by atoms with Crippen LogP contribution in [-0.2, 0) is 26.2 Å². The number of aryl methyl sites for hydroxylation is 1. The second kappa shape index (κ2) is 10.6. The molecule has 168 valence electrons. The van der Waals surface area contributed by atoms with Gasteiger partial charge in [-0.15, -0.1) is 0 Å². The molecule has 0 aliphatic rings. The molecule has 0 bridgehead atoms. The minimum Gasteiger partial charge on any atom is -0.357 e. The molecule has 2 aromatic rings. The number of benzene rings is 2. The fourth-order valence-corrected chi connectivity index (χ4v) is 4.49. The number of likely N-dealkylation sites (N-methyl/N-ethyl adjacent to an activating group) is 1. The maximum Gasteiger partial charge on any atom is 0.244 e. The standard InChI is InChI=1S/C22H28ClN3O4S/c1-5-19(22(28)24-3)25(14-17-9-7-6-8-10-17)21(27)15-26(31(4,29)30)20-12-11-18(23)13-16(20)2/h6-13,19H,5,14-15H2,1-4H3,(H,24,28)/t19-/m1/s1. The Hall–Kier alpha value is -2.58. The fraction of sp³-hybridized carbons (Fsp3) is 0.364. The van der Waals surface area contributed by atoms with Crippen LogP contribution < -0.4 is 9.62 Å². The summed E-state index contributed by atoms with van der Waals surface area (Å²) in [7, 11) is -2.26. The lowest BCUT2D eigenvalue weighted by molar-refractivity contribution is -0.140. The third-order valence-corrected chi connectivity index (χ3v) is 6.30. The number of hydrogen-bond donors (Lipinski definition) is 1. The Labute approximate surface area is 189 Å². The van der Waals surface area contributed by atoms with Gasteiger partial charge in [0, 0.05) is 18.6 Å². The van der Waals surface area contributed by atoms with Gasteiger partial charge in [0.05, 0.1) is 11.9 Å². The van der Waals surface area contributed by atoms with Crippen molar-refractivity contribution in [2.24, 2.45) is 0 Å². The quantitative estimate of drug-likeness (QED) is 0.616. The lowest BCUT2D eigenvalue weighted by Gasteiger charge is -2.33. The number of amides is 2. The molecule has 0 aromatic heterocycles. The van der Waals surface area contributed by atoms with Crippen molar-refractivity contribution in [2.75, 3.05) is 24.2 Å². The first kappa shape index (κ1) is 24.7. The highest BCUT2D eigenvalue weighted by atomic mass is 35.5. The van der Waals surface area contributed by atoms with Gasteiger partial charge >= 0.3 is 0 Å². The number of sulfonamides is 1. The predicted octanol–water partition coefficient (Wildman–Crippen LogP) is 2.97. The van der Waals surface area contributed by atoms with E-state index in [9.17, 15) is 18.0 Å². The summed E-state index contributed by atoms with van der Waals surface area (Å²) in [5, 5.41) is 3.06. The normalized spacial score (nSPS) is 12.2. The van der Waals surface area contributed by atoms with Crippen LogP contribution in [0.2, 0.25) is 5.02 Å². The molecule has 1 atom stereocenters. The van der Waals surface area contributed by atoms with Gasteiger partial charge in [-0.2, -0.15) is 0 Å². The highest BCUT2D eigenvalue weighted by Gasteiger charge is 2.31. The SMILES string of the molecule is CC[C@H](C(=O)NC)N(Cc1ccccc1)C(=O)CN(c1ccc(Cl)cc1C)S(C)(=O)=O. The molecule has 0 spiro atoms. The molecule has 0 saturated heterocycles. The summed E-state index contributed by atoms with van der Waals surface area (Å²) in [5.41, 5.74) is 1.83. The van der Waals surface area contributed by atoms with Crippen molar-refractivity contribution < 1.29 is 18.0 Å². The summed E-state index contributed by atoms with van der Waals surface area (Å²) in [6.07, 6.45) is 1.43. The van der Waals surface area contributed by atoms with Gasteiger partial charge in [-0.3, -0.25) is 13.9 Å². The zero-order valence-electron chi connectivity index (χ0n) is 18.1. The molecular weight excluding hydrogens is 438 g/mol. The van der Waals surface area contributed by atoms with E-state index in [1.165, 1.54) is 11.9 Å². The summed E-state index contributed by atoms with van der Waals surface area (Å²) in [4.78, 5) is 27.3. The maximum absolute atomic E-state index is 13.4. The van der Waals surface area contributed by atoms with Crippen LogP contribution in [-0.4, -0.2) is 51.0 Å². The van der Waals surface area contributed by atoms with Gasteiger partial charge in [0.25, 0.3) is 0 Å². The summed E-state index contributed by atoms with van der Waals surface area (Å²) in [6, 6.07) is 13.3. The molecule has 0 saturated carbocycles. The first-order chi connectivity index (χ1) is 14.6. The molecule has 7 nitrogen and oxygen atoms in total. The average Bonchev–Trinajstić information content (AvgIpc) is 2.72. The second-order valence-corrected chi connectivity index (χ2v) is 9.59. The molecule has 1 N–H and O–H groups in total. The van der Waals surface area contributed by atoms with Crippen molar-refractivity contribution in [1.82, 2.24) is 10.2 Å². The minimum atomic E-state index is -3.77. The van der Waals surface area contributed by atoms with E-state index in [0.717, 1.165) is 16.1 Å². The Kier molecular flexibility index (Phi) is 8.47. The Morgan fingerprint density at radius 2 is 1.77 bits per heavy atom. The van der Waals surface area contributed by atoms with E-state index in [0.29, 0.717) is 22.7 Å². The van der Waals surface area contributed by atoms with Crippen LogP contribution in [0.5, 0.6) is 0 Å². The maximum atomic E-state index is 13.4.